The average molecular weight is 284 g/mol. The molecule has 86 valence electrons. The number of amides is 1. The van der Waals surface area contributed by atoms with Crippen LogP contribution in [-0.4, -0.2) is 28.7 Å². The molecule has 1 aliphatic rings. The molecule has 1 aromatic carbocycles. The Morgan fingerprint density at radius 3 is 2.62 bits per heavy atom. The third-order valence-electron chi connectivity index (χ3n) is 2.85. The molecule has 3 nitrogen and oxygen atoms in total. The minimum absolute atomic E-state index is 0.0598. The van der Waals surface area contributed by atoms with Crippen LogP contribution in [0.1, 0.15) is 18.4 Å². The van der Waals surface area contributed by atoms with Crippen molar-refractivity contribution in [2.24, 2.45) is 0 Å². The highest BCUT2D eigenvalue weighted by atomic mass is 79.9. The van der Waals surface area contributed by atoms with Crippen molar-refractivity contribution in [3.63, 3.8) is 0 Å². The lowest BCUT2D eigenvalue weighted by atomic mass is 10.1. The van der Waals surface area contributed by atoms with Gasteiger partial charge in [-0.05, 0) is 24.1 Å². The topological polar surface area (TPSA) is 40.5 Å². The Morgan fingerprint density at radius 1 is 1.38 bits per heavy atom. The fourth-order valence-corrected chi connectivity index (χ4v) is 2.16. The van der Waals surface area contributed by atoms with Gasteiger partial charge in [0.15, 0.2) is 0 Å². The number of aliphatic hydroxyl groups excluding tert-OH is 1. The van der Waals surface area contributed by atoms with Crippen LogP contribution in [0, 0.1) is 0 Å². The van der Waals surface area contributed by atoms with E-state index in [1.54, 1.807) is 4.90 Å². The summed E-state index contributed by atoms with van der Waals surface area (Å²) in [6.07, 6.45) is 1.25. The number of benzene rings is 1. The van der Waals surface area contributed by atoms with Crippen LogP contribution in [0.5, 0.6) is 0 Å². The Hall–Kier alpha value is -0.870. The molecule has 0 spiro atoms. The molecule has 1 saturated heterocycles. The monoisotopic (exact) mass is 283 g/mol. The Morgan fingerprint density at radius 2 is 2.06 bits per heavy atom. The summed E-state index contributed by atoms with van der Waals surface area (Å²) in [7, 11) is 0. The molecule has 2 rings (SSSR count). The van der Waals surface area contributed by atoms with E-state index in [2.05, 4.69) is 15.9 Å². The van der Waals surface area contributed by atoms with Crippen LogP contribution in [0.15, 0.2) is 28.7 Å². The van der Waals surface area contributed by atoms with Gasteiger partial charge in [-0.2, -0.15) is 0 Å². The van der Waals surface area contributed by atoms with Crippen LogP contribution in [0.3, 0.4) is 0 Å². The van der Waals surface area contributed by atoms with E-state index in [1.807, 2.05) is 24.3 Å². The van der Waals surface area contributed by atoms with E-state index >= 15 is 0 Å². The number of aliphatic hydroxyl groups is 1. The summed E-state index contributed by atoms with van der Waals surface area (Å²) in [6.45, 7) is 0.599. The van der Waals surface area contributed by atoms with E-state index in [0.717, 1.165) is 10.9 Å². The Balaban J connectivity index is 1.92. The molecule has 1 heterocycles. The zero-order valence-electron chi connectivity index (χ0n) is 8.90. The molecular formula is C12H14BrNO2. The van der Waals surface area contributed by atoms with Gasteiger partial charge in [-0.25, -0.2) is 0 Å². The highest BCUT2D eigenvalue weighted by molar-refractivity contribution is 9.10. The molecular weight excluding hydrogens is 270 g/mol. The minimum atomic E-state index is -0.581. The van der Waals surface area contributed by atoms with Gasteiger partial charge in [-0.1, -0.05) is 28.1 Å². The van der Waals surface area contributed by atoms with E-state index in [1.165, 1.54) is 5.56 Å². The van der Waals surface area contributed by atoms with E-state index in [9.17, 15) is 9.90 Å². The average Bonchev–Trinajstić information content (AvgIpc) is 2.59. The number of hydrogen-bond acceptors (Lipinski definition) is 2. The van der Waals surface area contributed by atoms with Gasteiger partial charge in [0.25, 0.3) is 0 Å². The van der Waals surface area contributed by atoms with Crippen LogP contribution >= 0.6 is 15.9 Å². The normalized spacial score (nSPS) is 20.5. The first-order valence-corrected chi connectivity index (χ1v) is 6.18. The molecule has 0 bridgehead atoms. The Labute approximate surface area is 103 Å². The van der Waals surface area contributed by atoms with Gasteiger partial charge < -0.3 is 10.0 Å². The van der Waals surface area contributed by atoms with Gasteiger partial charge in [0.2, 0.25) is 5.91 Å². The maximum atomic E-state index is 11.4. The summed E-state index contributed by atoms with van der Waals surface area (Å²) in [5.41, 5.74) is 1.18. The van der Waals surface area contributed by atoms with Gasteiger partial charge in [-0.15, -0.1) is 0 Å². The smallest absolute Gasteiger partial charge is 0.224 e. The van der Waals surface area contributed by atoms with Gasteiger partial charge in [0, 0.05) is 23.9 Å². The van der Waals surface area contributed by atoms with E-state index in [-0.39, 0.29) is 5.91 Å². The molecule has 0 aliphatic carbocycles. The molecule has 1 aromatic rings. The van der Waals surface area contributed by atoms with Gasteiger partial charge in [-0.3, -0.25) is 4.79 Å². The molecule has 0 radical (unpaired) electrons. The first kappa shape index (κ1) is 11.6. The molecule has 16 heavy (non-hydrogen) atoms. The van der Waals surface area contributed by atoms with Crippen molar-refractivity contribution in [2.75, 3.05) is 6.54 Å². The number of nitrogens with zero attached hydrogens (tertiary/aromatic N) is 1. The quantitative estimate of drug-likeness (QED) is 0.921. The van der Waals surface area contributed by atoms with Crippen molar-refractivity contribution in [3.05, 3.63) is 34.3 Å². The number of carbonyl (C=O) groups excluding carboxylic acids is 1. The molecule has 4 heteroatoms. The molecule has 0 aromatic heterocycles. The fourth-order valence-electron chi connectivity index (χ4n) is 1.89. The maximum Gasteiger partial charge on any atom is 0.224 e. The molecule has 1 aliphatic heterocycles. The second-order valence-electron chi connectivity index (χ2n) is 3.98. The van der Waals surface area contributed by atoms with E-state index < -0.39 is 6.23 Å². The summed E-state index contributed by atoms with van der Waals surface area (Å²) in [5, 5.41) is 9.58. The molecule has 0 saturated carbocycles. The molecule has 1 unspecified atom stereocenters. The Bertz CT molecular complexity index is 377. The summed E-state index contributed by atoms with van der Waals surface area (Å²) >= 11 is 3.38. The Kier molecular flexibility index (Phi) is 3.61. The number of hydrogen-bond donors (Lipinski definition) is 1. The second-order valence-corrected chi connectivity index (χ2v) is 4.90. The zero-order valence-corrected chi connectivity index (χ0v) is 10.5. The standard InChI is InChI=1S/C12H14BrNO2/c13-10-3-1-9(2-4-10)7-8-14-11(15)5-6-12(14)16/h1-4,11,15H,5-8H2. The van der Waals surface area contributed by atoms with Crippen LogP contribution in [0.25, 0.3) is 0 Å². The van der Waals surface area contributed by atoms with Crippen LogP contribution in [-0.2, 0) is 11.2 Å². The number of rotatable bonds is 3. The van der Waals surface area contributed by atoms with Crippen molar-refractivity contribution >= 4 is 21.8 Å². The van der Waals surface area contributed by atoms with Crippen LogP contribution < -0.4 is 0 Å². The highest BCUT2D eigenvalue weighted by Gasteiger charge is 2.28. The maximum absolute atomic E-state index is 11.4. The lowest BCUT2D eigenvalue weighted by molar-refractivity contribution is -0.133. The largest absolute Gasteiger partial charge is 0.374 e. The van der Waals surface area contributed by atoms with Gasteiger partial charge in [0.1, 0.15) is 6.23 Å². The predicted octanol–water partition coefficient (Wildman–Crippen LogP) is 1.93. The van der Waals surface area contributed by atoms with E-state index in [0.29, 0.717) is 19.4 Å². The number of halogens is 1. The van der Waals surface area contributed by atoms with Crippen molar-refractivity contribution < 1.29 is 9.90 Å². The predicted molar refractivity (Wildman–Crippen MR) is 64.8 cm³/mol. The summed E-state index contributed by atoms with van der Waals surface area (Å²) in [4.78, 5) is 13.0. The molecule has 1 N–H and O–H groups in total. The van der Waals surface area contributed by atoms with Crippen LogP contribution in [0.4, 0.5) is 0 Å². The second kappa shape index (κ2) is 4.97. The first-order chi connectivity index (χ1) is 7.66. The third-order valence-corrected chi connectivity index (χ3v) is 3.38. The van der Waals surface area contributed by atoms with Crippen LogP contribution in [0.2, 0.25) is 0 Å². The number of carbonyl (C=O) groups is 1. The zero-order chi connectivity index (χ0) is 11.5. The lowest BCUT2D eigenvalue weighted by Crippen LogP contribution is -2.34. The van der Waals surface area contributed by atoms with Crippen molar-refractivity contribution in [3.8, 4) is 0 Å². The molecule has 1 amide bonds. The summed E-state index contributed by atoms with van der Waals surface area (Å²) < 4.78 is 1.05. The van der Waals surface area contributed by atoms with Gasteiger partial charge in [0.05, 0.1) is 0 Å². The molecule has 1 atom stereocenters. The summed E-state index contributed by atoms with van der Waals surface area (Å²) in [6, 6.07) is 8.02. The van der Waals surface area contributed by atoms with E-state index in [4.69, 9.17) is 0 Å². The van der Waals surface area contributed by atoms with Gasteiger partial charge >= 0.3 is 0 Å². The fraction of sp³-hybridized carbons (Fsp3) is 0.417. The van der Waals surface area contributed by atoms with Crippen molar-refractivity contribution in [2.45, 2.75) is 25.5 Å². The third kappa shape index (κ3) is 2.62. The lowest BCUT2D eigenvalue weighted by Gasteiger charge is -2.20. The summed E-state index contributed by atoms with van der Waals surface area (Å²) in [5.74, 6) is 0.0598. The first-order valence-electron chi connectivity index (χ1n) is 5.39. The number of likely N-dealkylation sites (tertiary alicyclic amines) is 1. The van der Waals surface area contributed by atoms with Crippen molar-refractivity contribution in [1.29, 1.82) is 0 Å². The highest BCUT2D eigenvalue weighted by Crippen LogP contribution is 2.17. The van der Waals surface area contributed by atoms with Crippen molar-refractivity contribution in [1.82, 2.24) is 4.90 Å². The minimum Gasteiger partial charge on any atom is -0.374 e. The SMILES string of the molecule is O=C1CCC(O)N1CCc1ccc(Br)cc1. The molecule has 1 fully saturated rings.